The number of aromatic nitrogens is 2. The van der Waals surface area contributed by atoms with Crippen LogP contribution in [-0.4, -0.2) is 16.0 Å². The number of nitrogens with two attached hydrogens (primary N) is 1. The number of hydrogen-bond acceptors (Lipinski definition) is 3. The Hall–Kier alpha value is -1.89. The Morgan fingerprint density at radius 3 is 2.68 bits per heavy atom. The van der Waals surface area contributed by atoms with Crippen LogP contribution in [0.1, 0.15) is 18.3 Å². The third-order valence-corrected chi connectivity index (χ3v) is 2.60. The molecular formula is C12H12F3N3O. The Bertz CT molecular complexity index is 661. The fourth-order valence-corrected chi connectivity index (χ4v) is 1.77. The van der Waals surface area contributed by atoms with Crippen LogP contribution in [0.25, 0.3) is 10.9 Å². The molecule has 1 aromatic heterocycles. The van der Waals surface area contributed by atoms with Crippen LogP contribution in [0, 0.1) is 0 Å². The smallest absolute Gasteiger partial charge is 0.328 e. The van der Waals surface area contributed by atoms with Gasteiger partial charge < -0.3 is 10.7 Å². The summed E-state index contributed by atoms with van der Waals surface area (Å²) in [6.07, 6.45) is -4.17. The first-order valence-electron chi connectivity index (χ1n) is 5.63. The lowest BCUT2D eigenvalue weighted by Gasteiger charge is -2.09. The normalized spacial score (nSPS) is 13.7. The van der Waals surface area contributed by atoms with E-state index in [1.54, 1.807) is 6.92 Å². The first-order valence-corrected chi connectivity index (χ1v) is 5.63. The maximum Gasteiger partial charge on any atom is 0.416 e. The lowest BCUT2D eigenvalue weighted by atomic mass is 10.1. The first-order chi connectivity index (χ1) is 8.77. The van der Waals surface area contributed by atoms with Gasteiger partial charge in [0.05, 0.1) is 16.5 Å². The van der Waals surface area contributed by atoms with Gasteiger partial charge in [0, 0.05) is 12.5 Å². The fraction of sp³-hybridized carbons (Fsp3) is 0.333. The van der Waals surface area contributed by atoms with Crippen molar-refractivity contribution >= 4 is 10.9 Å². The maximum atomic E-state index is 12.6. The van der Waals surface area contributed by atoms with Crippen LogP contribution in [0.3, 0.4) is 0 Å². The van der Waals surface area contributed by atoms with Gasteiger partial charge in [0.2, 0.25) is 0 Å². The third kappa shape index (κ3) is 2.93. The van der Waals surface area contributed by atoms with Crippen molar-refractivity contribution in [2.75, 3.05) is 0 Å². The van der Waals surface area contributed by atoms with Crippen molar-refractivity contribution in [3.05, 3.63) is 39.9 Å². The van der Waals surface area contributed by atoms with E-state index in [0.717, 1.165) is 18.2 Å². The zero-order valence-electron chi connectivity index (χ0n) is 10.1. The molecule has 1 unspecified atom stereocenters. The van der Waals surface area contributed by atoms with Gasteiger partial charge in [0.25, 0.3) is 5.56 Å². The van der Waals surface area contributed by atoms with Crippen molar-refractivity contribution in [1.82, 2.24) is 9.97 Å². The predicted molar refractivity (Wildman–Crippen MR) is 64.7 cm³/mol. The molecule has 0 aliphatic heterocycles. The highest BCUT2D eigenvalue weighted by Gasteiger charge is 2.30. The number of H-pyrrole nitrogens is 1. The van der Waals surface area contributed by atoms with Crippen LogP contribution in [-0.2, 0) is 12.6 Å². The lowest BCUT2D eigenvalue weighted by Crippen LogP contribution is -2.22. The van der Waals surface area contributed by atoms with Crippen LogP contribution < -0.4 is 11.3 Å². The maximum absolute atomic E-state index is 12.6. The van der Waals surface area contributed by atoms with E-state index in [4.69, 9.17) is 5.73 Å². The van der Waals surface area contributed by atoms with Crippen molar-refractivity contribution in [3.63, 3.8) is 0 Å². The summed E-state index contributed by atoms with van der Waals surface area (Å²) in [6, 6.07) is 2.62. The zero-order valence-corrected chi connectivity index (χ0v) is 10.1. The van der Waals surface area contributed by atoms with Crippen molar-refractivity contribution in [3.8, 4) is 0 Å². The van der Waals surface area contributed by atoms with Gasteiger partial charge >= 0.3 is 6.18 Å². The lowest BCUT2D eigenvalue weighted by molar-refractivity contribution is -0.137. The number of nitrogens with one attached hydrogen (secondary N) is 1. The van der Waals surface area contributed by atoms with Gasteiger partial charge in [-0.05, 0) is 25.1 Å². The zero-order chi connectivity index (χ0) is 14.2. The van der Waals surface area contributed by atoms with E-state index in [9.17, 15) is 18.0 Å². The van der Waals surface area contributed by atoms with Gasteiger partial charge in [0.1, 0.15) is 5.82 Å². The largest absolute Gasteiger partial charge is 0.416 e. The summed E-state index contributed by atoms with van der Waals surface area (Å²) in [5, 5.41) is 0.126. The molecule has 3 N–H and O–H groups in total. The number of benzene rings is 1. The predicted octanol–water partition coefficient (Wildman–Crippen LogP) is 1.83. The van der Waals surface area contributed by atoms with Crippen LogP contribution >= 0.6 is 0 Å². The fourth-order valence-electron chi connectivity index (χ4n) is 1.77. The second-order valence-corrected chi connectivity index (χ2v) is 4.42. The Kier molecular flexibility index (Phi) is 3.32. The van der Waals surface area contributed by atoms with E-state index in [1.807, 2.05) is 0 Å². The average Bonchev–Trinajstić information content (AvgIpc) is 2.26. The molecule has 1 heterocycles. The minimum atomic E-state index is -4.46. The molecule has 1 aromatic carbocycles. The highest BCUT2D eigenvalue weighted by atomic mass is 19.4. The van der Waals surface area contributed by atoms with E-state index in [0.29, 0.717) is 6.42 Å². The Morgan fingerprint density at radius 1 is 1.42 bits per heavy atom. The minimum Gasteiger partial charge on any atom is -0.328 e. The molecule has 0 saturated carbocycles. The first kappa shape index (κ1) is 13.5. The van der Waals surface area contributed by atoms with Gasteiger partial charge in [-0.2, -0.15) is 13.2 Å². The van der Waals surface area contributed by atoms with E-state index in [2.05, 4.69) is 9.97 Å². The number of rotatable bonds is 2. The molecule has 0 spiro atoms. The average molecular weight is 271 g/mol. The van der Waals surface area contributed by atoms with Crippen LogP contribution in [0.2, 0.25) is 0 Å². The van der Waals surface area contributed by atoms with Gasteiger partial charge in [-0.15, -0.1) is 0 Å². The molecule has 102 valence electrons. The number of aromatic amines is 1. The van der Waals surface area contributed by atoms with Crippen LogP contribution in [0.5, 0.6) is 0 Å². The van der Waals surface area contributed by atoms with E-state index in [-0.39, 0.29) is 22.8 Å². The van der Waals surface area contributed by atoms with Crippen molar-refractivity contribution in [2.45, 2.75) is 25.6 Å². The molecule has 1 atom stereocenters. The standard InChI is InChI=1S/C12H12F3N3O/c1-6(16)4-10-17-9-5-7(12(13,14)15)2-3-8(9)11(19)18-10/h2-3,5-6H,4,16H2,1H3,(H,17,18,19). The molecule has 0 amide bonds. The molecule has 0 saturated heterocycles. The summed E-state index contributed by atoms with van der Waals surface area (Å²) < 4.78 is 37.8. The number of hydrogen-bond donors (Lipinski definition) is 2. The second-order valence-electron chi connectivity index (χ2n) is 4.42. The molecule has 0 aliphatic rings. The highest BCUT2D eigenvalue weighted by molar-refractivity contribution is 5.78. The molecule has 0 fully saturated rings. The quantitative estimate of drug-likeness (QED) is 0.875. The molecule has 0 aliphatic carbocycles. The number of alkyl halides is 3. The summed E-state index contributed by atoms with van der Waals surface area (Å²) in [6.45, 7) is 1.72. The van der Waals surface area contributed by atoms with E-state index in [1.165, 1.54) is 0 Å². The van der Waals surface area contributed by atoms with Gasteiger partial charge in [-0.3, -0.25) is 4.79 Å². The molecule has 19 heavy (non-hydrogen) atoms. The summed E-state index contributed by atoms with van der Waals surface area (Å²) in [5.41, 5.74) is 4.31. The summed E-state index contributed by atoms with van der Waals surface area (Å²) in [4.78, 5) is 18.3. The molecule has 2 rings (SSSR count). The summed E-state index contributed by atoms with van der Waals surface area (Å²) in [5.74, 6) is 0.284. The van der Waals surface area contributed by atoms with Crippen molar-refractivity contribution in [1.29, 1.82) is 0 Å². The van der Waals surface area contributed by atoms with E-state index >= 15 is 0 Å². The molecule has 7 heteroatoms. The SMILES string of the molecule is CC(N)Cc1nc2cc(C(F)(F)F)ccc2c(=O)[nH]1. The topological polar surface area (TPSA) is 71.8 Å². The third-order valence-electron chi connectivity index (χ3n) is 2.60. The van der Waals surface area contributed by atoms with Gasteiger partial charge in [-0.1, -0.05) is 0 Å². The number of halogens is 3. The minimum absolute atomic E-state index is 0.0224. The van der Waals surface area contributed by atoms with Crippen molar-refractivity contribution < 1.29 is 13.2 Å². The summed E-state index contributed by atoms with van der Waals surface area (Å²) in [7, 11) is 0. The highest BCUT2D eigenvalue weighted by Crippen LogP contribution is 2.30. The number of nitrogens with zero attached hydrogens (tertiary/aromatic N) is 1. The van der Waals surface area contributed by atoms with Crippen molar-refractivity contribution in [2.24, 2.45) is 5.73 Å². The Labute approximate surface area is 106 Å². The molecule has 4 nitrogen and oxygen atoms in total. The molecule has 0 bridgehead atoms. The van der Waals surface area contributed by atoms with E-state index < -0.39 is 17.3 Å². The Balaban J connectivity index is 2.60. The summed E-state index contributed by atoms with van der Waals surface area (Å²) >= 11 is 0. The van der Waals surface area contributed by atoms with Crippen LogP contribution in [0.15, 0.2) is 23.0 Å². The molecular weight excluding hydrogens is 259 g/mol. The number of fused-ring (bicyclic) bond motifs is 1. The van der Waals surface area contributed by atoms with Crippen LogP contribution in [0.4, 0.5) is 13.2 Å². The van der Waals surface area contributed by atoms with Gasteiger partial charge in [-0.25, -0.2) is 4.98 Å². The monoisotopic (exact) mass is 271 g/mol. The van der Waals surface area contributed by atoms with Gasteiger partial charge in [0.15, 0.2) is 0 Å². The molecule has 2 aromatic rings. The Morgan fingerprint density at radius 2 is 2.11 bits per heavy atom. The second kappa shape index (κ2) is 4.65. The molecule has 0 radical (unpaired) electrons.